The van der Waals surface area contributed by atoms with Crippen LogP contribution in [-0.2, 0) is 6.54 Å². The largest absolute Gasteiger partial charge is 0.313 e. The number of hydrogen-bond donors (Lipinski definition) is 1. The van der Waals surface area contributed by atoms with E-state index in [1.54, 1.807) is 15.9 Å². The summed E-state index contributed by atoms with van der Waals surface area (Å²) >= 11 is 1.55. The second-order valence-corrected chi connectivity index (χ2v) is 3.62. The van der Waals surface area contributed by atoms with Crippen LogP contribution in [-0.4, -0.2) is 26.9 Å². The van der Waals surface area contributed by atoms with Crippen LogP contribution in [0.2, 0.25) is 0 Å². The van der Waals surface area contributed by atoms with Crippen molar-refractivity contribution in [2.24, 2.45) is 0 Å². The molecule has 0 saturated carbocycles. The van der Waals surface area contributed by atoms with Crippen molar-refractivity contribution in [3.8, 4) is 0 Å². The van der Waals surface area contributed by atoms with Gasteiger partial charge in [-0.05, 0) is 14.0 Å². The number of rotatable bonds is 2. The molecule has 0 aromatic carbocycles. The van der Waals surface area contributed by atoms with E-state index in [-0.39, 0.29) is 0 Å². The molecule has 6 heteroatoms. The maximum absolute atomic E-state index is 4.26. The molecule has 0 bridgehead atoms. The van der Waals surface area contributed by atoms with Gasteiger partial charge >= 0.3 is 0 Å². The number of aryl methyl sites for hydroxylation is 1. The minimum atomic E-state index is 0.699. The zero-order valence-corrected chi connectivity index (χ0v) is 7.72. The van der Waals surface area contributed by atoms with Crippen molar-refractivity contribution in [2.75, 3.05) is 7.05 Å². The van der Waals surface area contributed by atoms with Gasteiger partial charge in [0, 0.05) is 0 Å². The molecule has 1 N–H and O–H groups in total. The molecule has 0 radical (unpaired) electrons. The fourth-order valence-electron chi connectivity index (χ4n) is 1.02. The Bertz CT molecular complexity index is 389. The highest BCUT2D eigenvalue weighted by Gasteiger charge is 2.07. The van der Waals surface area contributed by atoms with E-state index < -0.39 is 0 Å². The summed E-state index contributed by atoms with van der Waals surface area (Å²) in [7, 11) is 1.88. The topological polar surface area (TPSA) is 55.1 Å². The average molecular weight is 183 g/mol. The van der Waals surface area contributed by atoms with E-state index in [4.69, 9.17) is 0 Å². The van der Waals surface area contributed by atoms with Crippen molar-refractivity contribution in [2.45, 2.75) is 13.5 Å². The number of nitrogens with one attached hydrogen (secondary N) is 1. The van der Waals surface area contributed by atoms with E-state index in [1.807, 2.05) is 14.0 Å². The minimum absolute atomic E-state index is 0.699. The molecule has 0 spiro atoms. The third-order valence-electron chi connectivity index (χ3n) is 1.49. The van der Waals surface area contributed by atoms with Gasteiger partial charge in [0.2, 0.25) is 4.96 Å². The fraction of sp³-hybridized carbons (Fsp3) is 0.500. The molecule has 0 atom stereocenters. The first-order valence-corrected chi connectivity index (χ1v) is 4.45. The molecule has 12 heavy (non-hydrogen) atoms. The highest BCUT2D eigenvalue weighted by molar-refractivity contribution is 7.16. The highest BCUT2D eigenvalue weighted by atomic mass is 32.1. The molecule has 64 valence electrons. The Balaban J connectivity index is 2.53. The van der Waals surface area contributed by atoms with E-state index in [0.29, 0.717) is 6.54 Å². The maximum atomic E-state index is 4.26. The molecule has 0 fully saturated rings. The van der Waals surface area contributed by atoms with Crippen LogP contribution in [0.1, 0.15) is 10.8 Å². The summed E-state index contributed by atoms with van der Waals surface area (Å²) in [6, 6.07) is 0. The van der Waals surface area contributed by atoms with Crippen molar-refractivity contribution in [1.29, 1.82) is 0 Å². The van der Waals surface area contributed by atoms with Gasteiger partial charge in [-0.2, -0.15) is 9.61 Å². The SMILES string of the molecule is CNCc1nnc2sc(C)nn12. The highest BCUT2D eigenvalue weighted by Crippen LogP contribution is 2.11. The Morgan fingerprint density at radius 1 is 1.50 bits per heavy atom. The Morgan fingerprint density at radius 3 is 3.08 bits per heavy atom. The molecule has 5 nitrogen and oxygen atoms in total. The molecule has 0 aliphatic rings. The smallest absolute Gasteiger partial charge is 0.234 e. The quantitative estimate of drug-likeness (QED) is 0.723. The van der Waals surface area contributed by atoms with Crippen LogP contribution < -0.4 is 5.32 Å². The second kappa shape index (κ2) is 2.80. The number of hydrogen-bond acceptors (Lipinski definition) is 5. The van der Waals surface area contributed by atoms with Crippen LogP contribution in [0.5, 0.6) is 0 Å². The van der Waals surface area contributed by atoms with Crippen LogP contribution >= 0.6 is 11.3 Å². The lowest BCUT2D eigenvalue weighted by Gasteiger charge is -1.91. The lowest BCUT2D eigenvalue weighted by atomic mass is 10.6. The third kappa shape index (κ3) is 1.09. The first-order valence-electron chi connectivity index (χ1n) is 3.63. The van der Waals surface area contributed by atoms with Gasteiger partial charge < -0.3 is 5.32 Å². The van der Waals surface area contributed by atoms with E-state index in [2.05, 4.69) is 20.6 Å². The zero-order chi connectivity index (χ0) is 8.55. The molecule has 0 aliphatic carbocycles. The summed E-state index contributed by atoms with van der Waals surface area (Å²) in [5.41, 5.74) is 0. The molecule has 2 heterocycles. The van der Waals surface area contributed by atoms with Gasteiger partial charge in [0.25, 0.3) is 0 Å². The van der Waals surface area contributed by atoms with Crippen molar-refractivity contribution in [3.63, 3.8) is 0 Å². The lowest BCUT2D eigenvalue weighted by molar-refractivity contribution is 0.718. The van der Waals surface area contributed by atoms with Gasteiger partial charge in [-0.3, -0.25) is 0 Å². The Kier molecular flexibility index (Phi) is 1.78. The van der Waals surface area contributed by atoms with Gasteiger partial charge in [-0.25, -0.2) is 0 Å². The predicted molar refractivity (Wildman–Crippen MR) is 46.2 cm³/mol. The van der Waals surface area contributed by atoms with Crippen LogP contribution in [0.25, 0.3) is 4.96 Å². The summed E-state index contributed by atoms with van der Waals surface area (Å²) < 4.78 is 1.77. The van der Waals surface area contributed by atoms with E-state index in [9.17, 15) is 0 Å². The summed E-state index contributed by atoms with van der Waals surface area (Å²) in [6.45, 7) is 2.66. The Morgan fingerprint density at radius 2 is 2.33 bits per heavy atom. The van der Waals surface area contributed by atoms with Crippen LogP contribution in [0.15, 0.2) is 0 Å². The van der Waals surface area contributed by atoms with Crippen molar-refractivity contribution < 1.29 is 0 Å². The van der Waals surface area contributed by atoms with Crippen molar-refractivity contribution in [3.05, 3.63) is 10.8 Å². The van der Waals surface area contributed by atoms with Gasteiger partial charge in [-0.1, -0.05) is 11.3 Å². The Labute approximate surface area is 73.4 Å². The number of aromatic nitrogens is 4. The zero-order valence-electron chi connectivity index (χ0n) is 6.90. The molecule has 0 saturated heterocycles. The molecule has 2 rings (SSSR count). The lowest BCUT2D eigenvalue weighted by Crippen LogP contribution is -2.09. The van der Waals surface area contributed by atoms with Crippen molar-refractivity contribution in [1.82, 2.24) is 25.1 Å². The molecular weight excluding hydrogens is 174 g/mol. The summed E-state index contributed by atoms with van der Waals surface area (Å²) in [6.07, 6.45) is 0. The van der Waals surface area contributed by atoms with E-state index in [0.717, 1.165) is 15.8 Å². The summed E-state index contributed by atoms with van der Waals surface area (Å²) in [5, 5.41) is 16.3. The molecule has 2 aromatic heterocycles. The van der Waals surface area contributed by atoms with Gasteiger partial charge in [-0.15, -0.1) is 10.2 Å². The van der Waals surface area contributed by atoms with Gasteiger partial charge in [0.1, 0.15) is 5.01 Å². The maximum Gasteiger partial charge on any atom is 0.234 e. The minimum Gasteiger partial charge on any atom is -0.313 e. The Hall–Kier alpha value is -1.01. The molecule has 0 amide bonds. The molecular formula is C6H9N5S. The third-order valence-corrected chi connectivity index (χ3v) is 2.31. The predicted octanol–water partition coefficient (Wildman–Crippen LogP) is 0.214. The monoisotopic (exact) mass is 183 g/mol. The van der Waals surface area contributed by atoms with Crippen LogP contribution in [0.3, 0.4) is 0 Å². The molecule has 0 unspecified atom stereocenters. The first kappa shape index (κ1) is 7.63. The normalized spacial score (nSPS) is 11.2. The molecule has 2 aromatic rings. The molecule has 0 aliphatic heterocycles. The van der Waals surface area contributed by atoms with Gasteiger partial charge in [0.05, 0.1) is 6.54 Å². The van der Waals surface area contributed by atoms with E-state index in [1.165, 1.54) is 0 Å². The standard InChI is InChI=1S/C6H9N5S/c1-4-10-11-5(3-7-2)8-9-6(11)12-4/h7H,3H2,1-2H3. The second-order valence-electron chi connectivity index (χ2n) is 2.46. The average Bonchev–Trinajstić information content (AvgIpc) is 2.52. The first-order chi connectivity index (χ1) is 5.81. The number of fused-ring (bicyclic) bond motifs is 1. The van der Waals surface area contributed by atoms with Crippen LogP contribution in [0, 0.1) is 6.92 Å². The number of nitrogens with zero attached hydrogens (tertiary/aromatic N) is 4. The summed E-state index contributed by atoms with van der Waals surface area (Å²) in [5.74, 6) is 0.858. The summed E-state index contributed by atoms with van der Waals surface area (Å²) in [4.78, 5) is 0.859. The van der Waals surface area contributed by atoms with Gasteiger partial charge in [0.15, 0.2) is 5.82 Å². The van der Waals surface area contributed by atoms with Crippen LogP contribution in [0.4, 0.5) is 0 Å². The fourth-order valence-corrected chi connectivity index (χ4v) is 1.72. The van der Waals surface area contributed by atoms with Crippen molar-refractivity contribution >= 4 is 16.3 Å². The van der Waals surface area contributed by atoms with E-state index >= 15 is 0 Å².